The summed E-state index contributed by atoms with van der Waals surface area (Å²) < 4.78 is 37.2. The van der Waals surface area contributed by atoms with E-state index >= 15 is 0 Å². The van der Waals surface area contributed by atoms with Gasteiger partial charge in [0.1, 0.15) is 0 Å². The number of alkyl halides is 3. The fourth-order valence-corrected chi connectivity index (χ4v) is 1.63. The molecule has 0 heterocycles. The fraction of sp³-hybridized carbons (Fsp3) is 0.385. The minimum Gasteiger partial charge on any atom is -0.372 e. The van der Waals surface area contributed by atoms with Crippen LogP contribution in [0.3, 0.4) is 0 Å². The molecule has 1 aromatic rings. The number of hydrogen-bond acceptors (Lipinski definition) is 1. The molecule has 0 atom stereocenters. The number of nitrogens with zero attached hydrogens (tertiary/aromatic N) is 1. The minimum absolute atomic E-state index is 0.119. The molecule has 0 aromatic heterocycles. The second-order valence-corrected chi connectivity index (χ2v) is 3.70. The maximum Gasteiger partial charge on any atom is 0.416 e. The zero-order valence-electron chi connectivity index (χ0n) is 10.0. The molecular formula is C13H16F3N. The zero-order chi connectivity index (χ0) is 13.1. The molecule has 0 amide bonds. The van der Waals surface area contributed by atoms with Gasteiger partial charge < -0.3 is 4.90 Å². The Kier molecular flexibility index (Phi) is 4.21. The van der Waals surface area contributed by atoms with Crippen LogP contribution in [0.5, 0.6) is 0 Å². The van der Waals surface area contributed by atoms with Gasteiger partial charge in [-0.05, 0) is 31.5 Å². The molecule has 0 aliphatic heterocycles. The van der Waals surface area contributed by atoms with Gasteiger partial charge >= 0.3 is 6.18 Å². The summed E-state index contributed by atoms with van der Waals surface area (Å²) in [5.74, 6) is 0. The summed E-state index contributed by atoms with van der Waals surface area (Å²) in [5, 5.41) is 0. The van der Waals surface area contributed by atoms with E-state index in [1.54, 1.807) is 12.1 Å². The summed E-state index contributed by atoms with van der Waals surface area (Å²) in [6, 6.07) is 6.31. The second kappa shape index (κ2) is 5.25. The van der Waals surface area contributed by atoms with Gasteiger partial charge in [-0.25, -0.2) is 0 Å². The summed E-state index contributed by atoms with van der Waals surface area (Å²) in [6.45, 7) is 8.74. The van der Waals surface area contributed by atoms with Gasteiger partial charge in [0, 0.05) is 18.8 Å². The third-order valence-electron chi connectivity index (χ3n) is 2.69. The number of halogens is 3. The van der Waals surface area contributed by atoms with Crippen LogP contribution in [0.2, 0.25) is 0 Å². The lowest BCUT2D eigenvalue weighted by Gasteiger charge is -2.21. The van der Waals surface area contributed by atoms with E-state index in [4.69, 9.17) is 0 Å². The molecule has 0 bridgehead atoms. The van der Waals surface area contributed by atoms with E-state index in [0.717, 1.165) is 18.8 Å². The monoisotopic (exact) mass is 243 g/mol. The van der Waals surface area contributed by atoms with E-state index in [9.17, 15) is 13.2 Å². The van der Waals surface area contributed by atoms with Crippen LogP contribution in [0.25, 0.3) is 5.57 Å². The molecule has 0 aliphatic carbocycles. The van der Waals surface area contributed by atoms with Crippen molar-refractivity contribution in [2.24, 2.45) is 0 Å². The van der Waals surface area contributed by atoms with Gasteiger partial charge in [0.15, 0.2) is 0 Å². The lowest BCUT2D eigenvalue weighted by molar-refractivity contribution is -0.0686. The Morgan fingerprint density at radius 1 is 1.12 bits per heavy atom. The third kappa shape index (κ3) is 3.25. The molecule has 0 fully saturated rings. The number of rotatable bonds is 4. The largest absolute Gasteiger partial charge is 0.416 e. The molecular weight excluding hydrogens is 227 g/mol. The standard InChI is InChI=1S/C13H16F3N/c1-4-17(5-2)12-8-6-11(7-9-12)10(3)13(14,15)16/h6-9H,3-5H2,1-2H3. The minimum atomic E-state index is -4.36. The van der Waals surface area contributed by atoms with Crippen LogP contribution in [0.15, 0.2) is 30.8 Å². The first-order valence-corrected chi connectivity index (χ1v) is 5.51. The van der Waals surface area contributed by atoms with Crippen LogP contribution in [0, 0.1) is 0 Å². The maximum absolute atomic E-state index is 12.4. The molecule has 0 spiro atoms. The number of anilines is 1. The molecule has 0 saturated heterocycles. The van der Waals surface area contributed by atoms with Gasteiger partial charge in [0.05, 0.1) is 5.57 Å². The molecule has 0 radical (unpaired) electrons. The van der Waals surface area contributed by atoms with Crippen molar-refractivity contribution >= 4 is 11.3 Å². The van der Waals surface area contributed by atoms with Crippen LogP contribution in [-0.2, 0) is 0 Å². The van der Waals surface area contributed by atoms with Crippen molar-refractivity contribution in [2.45, 2.75) is 20.0 Å². The third-order valence-corrected chi connectivity index (χ3v) is 2.69. The van der Waals surface area contributed by atoms with Crippen LogP contribution >= 0.6 is 0 Å². The van der Waals surface area contributed by atoms with Gasteiger partial charge in [-0.15, -0.1) is 0 Å². The number of benzene rings is 1. The first kappa shape index (κ1) is 13.6. The van der Waals surface area contributed by atoms with Crippen LogP contribution in [0.1, 0.15) is 19.4 Å². The van der Waals surface area contributed by atoms with Crippen molar-refractivity contribution < 1.29 is 13.2 Å². The van der Waals surface area contributed by atoms with E-state index in [1.807, 2.05) is 13.8 Å². The van der Waals surface area contributed by atoms with Crippen LogP contribution in [0.4, 0.5) is 18.9 Å². The summed E-state index contributed by atoms with van der Waals surface area (Å²) in [5.41, 5.74) is 0.241. The van der Waals surface area contributed by atoms with Gasteiger partial charge in [-0.2, -0.15) is 13.2 Å². The quantitative estimate of drug-likeness (QED) is 0.769. The maximum atomic E-state index is 12.4. The average Bonchev–Trinajstić information content (AvgIpc) is 2.29. The van der Waals surface area contributed by atoms with Gasteiger partial charge in [-0.3, -0.25) is 0 Å². The van der Waals surface area contributed by atoms with Crippen molar-refractivity contribution in [1.29, 1.82) is 0 Å². The van der Waals surface area contributed by atoms with Crippen molar-refractivity contribution in [2.75, 3.05) is 18.0 Å². The highest BCUT2D eigenvalue weighted by Crippen LogP contribution is 2.32. The first-order valence-electron chi connectivity index (χ1n) is 5.51. The molecule has 1 nitrogen and oxygen atoms in total. The molecule has 0 aliphatic rings. The highest BCUT2D eigenvalue weighted by atomic mass is 19.4. The lowest BCUT2D eigenvalue weighted by atomic mass is 10.1. The second-order valence-electron chi connectivity index (χ2n) is 3.70. The normalized spacial score (nSPS) is 11.4. The Hall–Kier alpha value is -1.45. The Balaban J connectivity index is 2.92. The fourth-order valence-electron chi connectivity index (χ4n) is 1.63. The predicted octanol–water partition coefficient (Wildman–Crippen LogP) is 4.11. The van der Waals surface area contributed by atoms with Gasteiger partial charge in [-0.1, -0.05) is 18.7 Å². The topological polar surface area (TPSA) is 3.24 Å². The smallest absolute Gasteiger partial charge is 0.372 e. The molecule has 4 heteroatoms. The highest BCUT2D eigenvalue weighted by molar-refractivity contribution is 5.69. The van der Waals surface area contributed by atoms with Gasteiger partial charge in [0.25, 0.3) is 0 Å². The van der Waals surface area contributed by atoms with Crippen molar-refractivity contribution in [1.82, 2.24) is 0 Å². The zero-order valence-corrected chi connectivity index (χ0v) is 10.0. The summed E-state index contributed by atoms with van der Waals surface area (Å²) >= 11 is 0. The van der Waals surface area contributed by atoms with E-state index < -0.39 is 11.7 Å². The van der Waals surface area contributed by atoms with E-state index in [1.165, 1.54) is 12.1 Å². The predicted molar refractivity (Wildman–Crippen MR) is 65.1 cm³/mol. The summed E-state index contributed by atoms with van der Waals surface area (Å²) in [4.78, 5) is 2.07. The number of hydrogen-bond donors (Lipinski definition) is 0. The summed E-state index contributed by atoms with van der Waals surface area (Å²) in [6.07, 6.45) is -4.36. The molecule has 17 heavy (non-hydrogen) atoms. The molecule has 0 saturated carbocycles. The van der Waals surface area contributed by atoms with Crippen LogP contribution < -0.4 is 4.90 Å². The van der Waals surface area contributed by atoms with Crippen molar-refractivity contribution in [3.05, 3.63) is 36.4 Å². The molecule has 1 aromatic carbocycles. The van der Waals surface area contributed by atoms with Gasteiger partial charge in [0.2, 0.25) is 0 Å². The molecule has 0 unspecified atom stereocenters. The highest BCUT2D eigenvalue weighted by Gasteiger charge is 2.32. The van der Waals surface area contributed by atoms with E-state index in [2.05, 4.69) is 11.5 Å². The first-order chi connectivity index (χ1) is 7.90. The van der Waals surface area contributed by atoms with Crippen LogP contribution in [-0.4, -0.2) is 19.3 Å². The Labute approximate surface area is 99.6 Å². The Bertz CT molecular complexity index is 375. The molecule has 94 valence electrons. The lowest BCUT2D eigenvalue weighted by Crippen LogP contribution is -2.21. The van der Waals surface area contributed by atoms with E-state index in [-0.39, 0.29) is 5.56 Å². The van der Waals surface area contributed by atoms with Crippen molar-refractivity contribution in [3.8, 4) is 0 Å². The molecule has 1 rings (SSSR count). The number of allylic oxidation sites excluding steroid dienone is 1. The Morgan fingerprint density at radius 3 is 1.94 bits per heavy atom. The SMILES string of the molecule is C=C(c1ccc(N(CC)CC)cc1)C(F)(F)F. The average molecular weight is 243 g/mol. The summed E-state index contributed by atoms with van der Waals surface area (Å²) in [7, 11) is 0. The van der Waals surface area contributed by atoms with Crippen molar-refractivity contribution in [3.63, 3.8) is 0 Å². The Morgan fingerprint density at radius 2 is 1.59 bits per heavy atom. The van der Waals surface area contributed by atoms with E-state index in [0.29, 0.717) is 0 Å². The molecule has 0 N–H and O–H groups in total.